The van der Waals surface area contributed by atoms with E-state index < -0.39 is 0 Å². The van der Waals surface area contributed by atoms with Crippen molar-refractivity contribution >= 4 is 5.91 Å². The predicted octanol–water partition coefficient (Wildman–Crippen LogP) is 3.21. The maximum atomic E-state index is 12.6. The molecule has 2 aromatic carbocycles. The van der Waals surface area contributed by atoms with E-state index in [2.05, 4.69) is 22.3 Å². The molecule has 0 bridgehead atoms. The smallest absolute Gasteiger partial charge is 0.237 e. The number of nitrogens with zero attached hydrogens (tertiary/aromatic N) is 2. The minimum atomic E-state index is -0.248. The van der Waals surface area contributed by atoms with Crippen LogP contribution >= 0.6 is 0 Å². The highest BCUT2D eigenvalue weighted by Gasteiger charge is 2.31. The molecule has 1 aromatic heterocycles. The number of piperazine rings is 1. The maximum Gasteiger partial charge on any atom is 0.237 e. The number of methoxy groups -OCH3 is 2. The van der Waals surface area contributed by atoms with Gasteiger partial charge >= 0.3 is 0 Å². The molecular weight excluding hydrogens is 394 g/mol. The van der Waals surface area contributed by atoms with Crippen molar-refractivity contribution in [3.8, 4) is 23.0 Å². The van der Waals surface area contributed by atoms with Gasteiger partial charge in [0, 0.05) is 19.6 Å². The first kappa shape index (κ1) is 20.9. The lowest BCUT2D eigenvalue weighted by Crippen LogP contribution is -2.55. The van der Waals surface area contributed by atoms with Gasteiger partial charge in [0.05, 0.1) is 31.5 Å². The molecule has 0 radical (unpaired) electrons. The number of hydrogen-bond acceptors (Lipinski definition) is 6. The Bertz CT molecular complexity index is 1050. The average molecular weight is 421 g/mol. The summed E-state index contributed by atoms with van der Waals surface area (Å²) in [5, 5.41) is 2.99. The molecular formula is C24H27N3O4. The van der Waals surface area contributed by atoms with Gasteiger partial charge in [-0.3, -0.25) is 9.69 Å². The lowest BCUT2D eigenvalue weighted by Gasteiger charge is -2.34. The number of hydrogen-bond donors (Lipinski definition) is 1. The molecule has 1 saturated heterocycles. The summed E-state index contributed by atoms with van der Waals surface area (Å²) in [6.45, 7) is 3.81. The molecule has 0 saturated carbocycles. The second-order valence-corrected chi connectivity index (χ2v) is 7.56. The lowest BCUT2D eigenvalue weighted by atomic mass is 10.0. The monoisotopic (exact) mass is 421 g/mol. The van der Waals surface area contributed by atoms with Gasteiger partial charge in [-0.25, -0.2) is 4.98 Å². The van der Waals surface area contributed by atoms with Crippen LogP contribution in [-0.2, 0) is 17.8 Å². The largest absolute Gasteiger partial charge is 0.497 e. The van der Waals surface area contributed by atoms with E-state index in [-0.39, 0.29) is 11.9 Å². The van der Waals surface area contributed by atoms with E-state index in [1.54, 1.807) is 14.2 Å². The van der Waals surface area contributed by atoms with Crippen molar-refractivity contribution in [1.82, 2.24) is 15.2 Å². The number of carbonyl (C=O) groups is 1. The first-order valence-electron chi connectivity index (χ1n) is 10.3. The van der Waals surface area contributed by atoms with E-state index in [1.165, 1.54) is 0 Å². The van der Waals surface area contributed by atoms with Crippen LogP contribution < -0.4 is 14.8 Å². The van der Waals surface area contributed by atoms with Crippen LogP contribution in [-0.4, -0.2) is 49.1 Å². The van der Waals surface area contributed by atoms with Crippen molar-refractivity contribution < 1.29 is 18.7 Å². The van der Waals surface area contributed by atoms with Crippen LogP contribution in [0.15, 0.2) is 52.9 Å². The Hall–Kier alpha value is -3.32. The van der Waals surface area contributed by atoms with Crippen LogP contribution in [0.2, 0.25) is 0 Å². The minimum Gasteiger partial charge on any atom is -0.497 e. The third-order valence-electron chi connectivity index (χ3n) is 5.60. The first-order chi connectivity index (χ1) is 15.1. The van der Waals surface area contributed by atoms with Crippen molar-refractivity contribution in [2.24, 2.45) is 0 Å². The summed E-state index contributed by atoms with van der Waals surface area (Å²) < 4.78 is 16.8. The molecule has 1 unspecified atom stereocenters. The molecule has 7 nitrogen and oxygen atoms in total. The van der Waals surface area contributed by atoms with Gasteiger partial charge in [-0.1, -0.05) is 30.3 Å². The number of amides is 1. The highest BCUT2D eigenvalue weighted by Crippen LogP contribution is 2.34. The van der Waals surface area contributed by atoms with Crippen LogP contribution in [0.1, 0.15) is 17.0 Å². The Morgan fingerprint density at radius 2 is 1.97 bits per heavy atom. The molecule has 4 rings (SSSR count). The summed E-state index contributed by atoms with van der Waals surface area (Å²) in [5.74, 6) is 2.61. The number of aromatic nitrogens is 1. The SMILES string of the molecule is COc1ccc(OC)c(-c2nc(CN3CCNC(=O)C3Cc3ccccc3)c(C)o2)c1. The summed E-state index contributed by atoms with van der Waals surface area (Å²) in [4.78, 5) is 19.6. The van der Waals surface area contributed by atoms with Gasteiger partial charge in [0.2, 0.25) is 11.8 Å². The lowest BCUT2D eigenvalue weighted by molar-refractivity contribution is -0.129. The Morgan fingerprint density at radius 1 is 1.16 bits per heavy atom. The number of ether oxygens (including phenoxy) is 2. The van der Waals surface area contributed by atoms with Crippen LogP contribution in [0, 0.1) is 6.92 Å². The summed E-state index contributed by atoms with van der Waals surface area (Å²) >= 11 is 0. The molecule has 1 aliphatic heterocycles. The van der Waals surface area contributed by atoms with Crippen LogP contribution in [0.25, 0.3) is 11.5 Å². The zero-order valence-electron chi connectivity index (χ0n) is 18.1. The first-order valence-corrected chi connectivity index (χ1v) is 10.3. The molecule has 31 heavy (non-hydrogen) atoms. The Morgan fingerprint density at radius 3 is 2.71 bits per heavy atom. The van der Waals surface area contributed by atoms with Gasteiger partial charge in [0.1, 0.15) is 17.3 Å². The van der Waals surface area contributed by atoms with Crippen LogP contribution in [0.4, 0.5) is 0 Å². The van der Waals surface area contributed by atoms with Crippen molar-refractivity contribution in [2.45, 2.75) is 25.9 Å². The number of oxazole rings is 1. The van der Waals surface area contributed by atoms with Crippen molar-refractivity contribution in [3.05, 3.63) is 65.5 Å². The second-order valence-electron chi connectivity index (χ2n) is 7.56. The fraction of sp³-hybridized carbons (Fsp3) is 0.333. The molecule has 7 heteroatoms. The number of carbonyl (C=O) groups excluding carboxylic acids is 1. The Kier molecular flexibility index (Phi) is 6.23. The standard InChI is InChI=1S/C24H27N3O4/c1-16-20(26-24(31-16)19-14-18(29-2)9-10-22(19)30-3)15-27-12-11-25-23(28)21(27)13-17-7-5-4-6-8-17/h4-10,14,21H,11-13,15H2,1-3H3,(H,25,28). The van der Waals surface area contributed by atoms with E-state index in [0.29, 0.717) is 36.9 Å². The topological polar surface area (TPSA) is 76.8 Å². The second kappa shape index (κ2) is 9.22. The third kappa shape index (κ3) is 4.56. The Labute approximate surface area is 182 Å². The Balaban J connectivity index is 1.59. The molecule has 1 aliphatic rings. The summed E-state index contributed by atoms with van der Waals surface area (Å²) in [6.07, 6.45) is 0.653. The molecule has 3 aromatic rings. The van der Waals surface area contributed by atoms with Crippen molar-refractivity contribution in [3.63, 3.8) is 0 Å². The van der Waals surface area contributed by atoms with E-state index in [0.717, 1.165) is 29.1 Å². The van der Waals surface area contributed by atoms with Gasteiger partial charge in [-0.05, 0) is 37.1 Å². The number of rotatable bonds is 7. The summed E-state index contributed by atoms with van der Waals surface area (Å²) in [6, 6.07) is 15.3. The average Bonchev–Trinajstić information content (AvgIpc) is 3.16. The molecule has 0 spiro atoms. The van der Waals surface area contributed by atoms with E-state index in [1.807, 2.05) is 43.3 Å². The van der Waals surface area contributed by atoms with E-state index in [4.69, 9.17) is 18.9 Å². The zero-order chi connectivity index (χ0) is 21.8. The normalized spacial score (nSPS) is 16.7. The number of nitrogens with one attached hydrogen (secondary N) is 1. The highest BCUT2D eigenvalue weighted by atomic mass is 16.5. The van der Waals surface area contributed by atoms with Gasteiger partial charge in [-0.15, -0.1) is 0 Å². The van der Waals surface area contributed by atoms with E-state index in [9.17, 15) is 4.79 Å². The predicted molar refractivity (Wildman–Crippen MR) is 117 cm³/mol. The fourth-order valence-corrected chi connectivity index (χ4v) is 3.87. The molecule has 1 N–H and O–H groups in total. The van der Waals surface area contributed by atoms with Crippen LogP contribution in [0.5, 0.6) is 11.5 Å². The molecule has 162 valence electrons. The zero-order valence-corrected chi connectivity index (χ0v) is 18.1. The molecule has 1 amide bonds. The summed E-state index contributed by atoms with van der Waals surface area (Å²) in [5.41, 5.74) is 2.68. The fourth-order valence-electron chi connectivity index (χ4n) is 3.87. The van der Waals surface area contributed by atoms with Gasteiger partial charge in [-0.2, -0.15) is 0 Å². The number of benzene rings is 2. The van der Waals surface area contributed by atoms with Gasteiger partial charge in [0.15, 0.2) is 0 Å². The van der Waals surface area contributed by atoms with Gasteiger partial charge < -0.3 is 19.2 Å². The maximum absolute atomic E-state index is 12.6. The molecule has 2 heterocycles. The van der Waals surface area contributed by atoms with Crippen molar-refractivity contribution in [2.75, 3.05) is 27.3 Å². The molecule has 1 fully saturated rings. The highest BCUT2D eigenvalue weighted by molar-refractivity contribution is 5.82. The van der Waals surface area contributed by atoms with Gasteiger partial charge in [0.25, 0.3) is 0 Å². The van der Waals surface area contributed by atoms with E-state index >= 15 is 0 Å². The number of aryl methyl sites for hydroxylation is 1. The summed E-state index contributed by atoms with van der Waals surface area (Å²) in [7, 11) is 3.23. The molecule has 1 atom stereocenters. The quantitative estimate of drug-likeness (QED) is 0.631. The third-order valence-corrected chi connectivity index (χ3v) is 5.60. The minimum absolute atomic E-state index is 0.0472. The van der Waals surface area contributed by atoms with Crippen molar-refractivity contribution in [1.29, 1.82) is 0 Å². The van der Waals surface area contributed by atoms with Crippen LogP contribution in [0.3, 0.4) is 0 Å². The molecule has 0 aliphatic carbocycles.